The summed E-state index contributed by atoms with van der Waals surface area (Å²) < 4.78 is 5.48. The maximum Gasteiger partial charge on any atom is 0.295 e. The van der Waals surface area contributed by atoms with E-state index in [1.165, 1.54) is 17.0 Å². The molecule has 0 radical (unpaired) electrons. The van der Waals surface area contributed by atoms with Crippen LogP contribution >= 0.6 is 11.6 Å². The van der Waals surface area contributed by atoms with E-state index in [0.29, 0.717) is 29.8 Å². The molecule has 3 rings (SSSR count). The lowest BCUT2D eigenvalue weighted by Gasteiger charge is -2.26. The van der Waals surface area contributed by atoms with Crippen LogP contribution in [0.3, 0.4) is 0 Å². The molecule has 1 fully saturated rings. The number of ether oxygens (including phenoxy) is 1. The first kappa shape index (κ1) is 24.6. The predicted molar refractivity (Wildman–Crippen MR) is 129 cm³/mol. The van der Waals surface area contributed by atoms with Gasteiger partial charge in [-0.05, 0) is 47.7 Å². The molecule has 1 aliphatic heterocycles. The van der Waals surface area contributed by atoms with Crippen molar-refractivity contribution in [2.24, 2.45) is 0 Å². The molecule has 1 aliphatic rings. The van der Waals surface area contributed by atoms with Gasteiger partial charge in [-0.15, -0.1) is 0 Å². The van der Waals surface area contributed by atoms with Gasteiger partial charge in [-0.1, -0.05) is 51.8 Å². The SMILES string of the molecule is CCCCN1C(=O)C(=O)/C(=C(\O)c2ccc(OC)c(C(C)(C)C)c2)C1c1ccc(O)c(Cl)c1. The molecular weight excluding hydrogens is 442 g/mol. The summed E-state index contributed by atoms with van der Waals surface area (Å²) in [5.41, 5.74) is 1.54. The van der Waals surface area contributed by atoms with Gasteiger partial charge in [0.15, 0.2) is 0 Å². The van der Waals surface area contributed by atoms with Crippen LogP contribution in [-0.4, -0.2) is 40.5 Å². The number of amides is 1. The molecule has 1 unspecified atom stereocenters. The molecule has 1 amide bonds. The summed E-state index contributed by atoms with van der Waals surface area (Å²) in [5.74, 6) is -1.09. The Kier molecular flexibility index (Phi) is 7.08. The van der Waals surface area contributed by atoms with Gasteiger partial charge in [-0.3, -0.25) is 9.59 Å². The van der Waals surface area contributed by atoms with Crippen molar-refractivity contribution in [3.05, 3.63) is 63.7 Å². The standard InChI is InChI=1S/C26H30ClNO5/c1-6-7-12-28-22(15-8-10-19(29)18(27)14-15)21(24(31)25(28)32)23(30)16-9-11-20(33-5)17(13-16)26(2,3)4/h8-11,13-14,22,29-30H,6-7,12H2,1-5H3/b23-21-. The summed E-state index contributed by atoms with van der Waals surface area (Å²) in [6.45, 7) is 8.43. The van der Waals surface area contributed by atoms with E-state index in [0.717, 1.165) is 12.0 Å². The maximum atomic E-state index is 13.1. The van der Waals surface area contributed by atoms with Crippen molar-refractivity contribution in [3.63, 3.8) is 0 Å². The zero-order valence-corrected chi connectivity index (χ0v) is 20.4. The van der Waals surface area contributed by atoms with Crippen LogP contribution < -0.4 is 4.74 Å². The molecule has 1 heterocycles. The van der Waals surface area contributed by atoms with Crippen LogP contribution in [0.25, 0.3) is 5.76 Å². The number of aliphatic hydroxyl groups is 1. The molecule has 176 valence electrons. The van der Waals surface area contributed by atoms with E-state index in [9.17, 15) is 19.8 Å². The molecule has 2 aromatic rings. The average molecular weight is 472 g/mol. The smallest absolute Gasteiger partial charge is 0.295 e. The molecule has 0 spiro atoms. The fourth-order valence-electron chi connectivity index (χ4n) is 4.08. The Morgan fingerprint density at radius 1 is 1.15 bits per heavy atom. The van der Waals surface area contributed by atoms with Crippen molar-refractivity contribution in [2.45, 2.75) is 52.0 Å². The van der Waals surface area contributed by atoms with Crippen molar-refractivity contribution in [3.8, 4) is 11.5 Å². The van der Waals surface area contributed by atoms with Crippen LogP contribution in [0.1, 0.15) is 63.3 Å². The first-order chi connectivity index (χ1) is 15.5. The Hall–Kier alpha value is -2.99. The number of methoxy groups -OCH3 is 1. The number of rotatable bonds is 6. The fourth-order valence-corrected chi connectivity index (χ4v) is 4.26. The van der Waals surface area contributed by atoms with E-state index in [1.807, 2.05) is 27.7 Å². The second-order valence-corrected chi connectivity index (χ2v) is 9.63. The third-order valence-corrected chi connectivity index (χ3v) is 6.16. The van der Waals surface area contributed by atoms with Crippen LogP contribution in [0.4, 0.5) is 0 Å². The van der Waals surface area contributed by atoms with Crippen molar-refractivity contribution >= 4 is 29.1 Å². The molecule has 6 nitrogen and oxygen atoms in total. The van der Waals surface area contributed by atoms with Crippen LogP contribution in [0.5, 0.6) is 11.5 Å². The third-order valence-electron chi connectivity index (χ3n) is 5.86. The fraction of sp³-hybridized carbons (Fsp3) is 0.385. The lowest BCUT2D eigenvalue weighted by Crippen LogP contribution is -2.30. The van der Waals surface area contributed by atoms with Crippen molar-refractivity contribution in [1.82, 2.24) is 4.90 Å². The number of halogens is 1. The molecule has 7 heteroatoms. The van der Waals surface area contributed by atoms with Crippen molar-refractivity contribution < 1.29 is 24.5 Å². The molecule has 1 atom stereocenters. The molecule has 0 aromatic heterocycles. The van der Waals surface area contributed by atoms with E-state index in [-0.39, 0.29) is 27.5 Å². The van der Waals surface area contributed by atoms with E-state index in [1.54, 1.807) is 31.4 Å². The Morgan fingerprint density at radius 3 is 2.42 bits per heavy atom. The number of hydrogen-bond donors (Lipinski definition) is 2. The zero-order valence-electron chi connectivity index (χ0n) is 19.6. The highest BCUT2D eigenvalue weighted by Crippen LogP contribution is 2.42. The number of aliphatic hydroxyl groups excluding tert-OH is 1. The summed E-state index contributed by atoms with van der Waals surface area (Å²) in [6, 6.07) is 8.94. The van der Waals surface area contributed by atoms with Gasteiger partial charge in [-0.2, -0.15) is 0 Å². The maximum absolute atomic E-state index is 13.1. The second kappa shape index (κ2) is 9.48. The van der Waals surface area contributed by atoms with Gasteiger partial charge in [-0.25, -0.2) is 0 Å². The van der Waals surface area contributed by atoms with E-state index >= 15 is 0 Å². The number of Topliss-reactive ketones (excluding diaryl/α,β-unsaturated/α-hetero) is 1. The Morgan fingerprint density at radius 2 is 1.85 bits per heavy atom. The summed E-state index contributed by atoms with van der Waals surface area (Å²) in [6.07, 6.45) is 1.53. The van der Waals surface area contributed by atoms with Crippen LogP contribution in [-0.2, 0) is 15.0 Å². The van der Waals surface area contributed by atoms with Crippen molar-refractivity contribution in [2.75, 3.05) is 13.7 Å². The lowest BCUT2D eigenvalue weighted by atomic mass is 9.84. The Balaban J connectivity index is 2.23. The van der Waals surface area contributed by atoms with Gasteiger partial charge >= 0.3 is 0 Å². The number of unbranched alkanes of at least 4 members (excludes halogenated alkanes) is 1. The van der Waals surface area contributed by atoms with Gasteiger partial charge in [0.25, 0.3) is 11.7 Å². The second-order valence-electron chi connectivity index (χ2n) is 9.22. The number of nitrogens with zero attached hydrogens (tertiary/aromatic N) is 1. The predicted octanol–water partition coefficient (Wildman–Crippen LogP) is 5.57. The molecular formula is C26H30ClNO5. The van der Waals surface area contributed by atoms with Gasteiger partial charge in [0.1, 0.15) is 17.3 Å². The Bertz CT molecular complexity index is 1120. The average Bonchev–Trinajstić information content (AvgIpc) is 3.02. The first-order valence-corrected chi connectivity index (χ1v) is 11.3. The number of phenolic OH excluding ortho intramolecular Hbond substituents is 1. The topological polar surface area (TPSA) is 87.1 Å². The number of carbonyl (C=O) groups excluding carboxylic acids is 2. The summed E-state index contributed by atoms with van der Waals surface area (Å²) in [4.78, 5) is 27.5. The van der Waals surface area contributed by atoms with Crippen LogP contribution in [0.2, 0.25) is 5.02 Å². The molecule has 2 N–H and O–H groups in total. The number of phenols is 1. The summed E-state index contributed by atoms with van der Waals surface area (Å²) in [5, 5.41) is 21.3. The number of ketones is 1. The summed E-state index contributed by atoms with van der Waals surface area (Å²) >= 11 is 6.13. The largest absolute Gasteiger partial charge is 0.507 e. The quantitative estimate of drug-likeness (QED) is 0.326. The molecule has 0 aliphatic carbocycles. The van der Waals surface area contributed by atoms with Gasteiger partial charge in [0.05, 0.1) is 23.7 Å². The minimum absolute atomic E-state index is 0.00267. The summed E-state index contributed by atoms with van der Waals surface area (Å²) in [7, 11) is 1.58. The third kappa shape index (κ3) is 4.71. The monoisotopic (exact) mass is 471 g/mol. The number of aromatic hydroxyl groups is 1. The minimum atomic E-state index is -0.810. The van der Waals surface area contributed by atoms with E-state index < -0.39 is 17.7 Å². The molecule has 0 saturated carbocycles. The number of benzene rings is 2. The zero-order chi connectivity index (χ0) is 24.5. The number of likely N-dealkylation sites (tertiary alicyclic amines) is 1. The highest BCUT2D eigenvalue weighted by molar-refractivity contribution is 6.46. The molecule has 2 aromatic carbocycles. The first-order valence-electron chi connectivity index (χ1n) is 11.0. The van der Waals surface area contributed by atoms with Gasteiger partial charge in [0.2, 0.25) is 0 Å². The minimum Gasteiger partial charge on any atom is -0.507 e. The van der Waals surface area contributed by atoms with Gasteiger partial charge < -0.3 is 19.8 Å². The molecule has 33 heavy (non-hydrogen) atoms. The number of carbonyl (C=O) groups is 2. The highest BCUT2D eigenvalue weighted by atomic mass is 35.5. The normalized spacial score (nSPS) is 18.1. The number of hydrogen-bond acceptors (Lipinski definition) is 5. The highest BCUT2D eigenvalue weighted by Gasteiger charge is 2.46. The van der Waals surface area contributed by atoms with Gasteiger partial charge in [0, 0.05) is 17.7 Å². The molecule has 1 saturated heterocycles. The Labute approximate surface area is 199 Å². The molecule has 0 bridgehead atoms. The van der Waals surface area contributed by atoms with Crippen LogP contribution in [0, 0.1) is 0 Å². The van der Waals surface area contributed by atoms with Crippen LogP contribution in [0.15, 0.2) is 42.0 Å². The lowest BCUT2D eigenvalue weighted by molar-refractivity contribution is -0.139. The van der Waals surface area contributed by atoms with E-state index in [2.05, 4.69) is 0 Å². The van der Waals surface area contributed by atoms with E-state index in [4.69, 9.17) is 16.3 Å². The van der Waals surface area contributed by atoms with Crippen molar-refractivity contribution in [1.29, 1.82) is 0 Å².